The average molecular weight is 407 g/mol. The second-order valence-corrected chi connectivity index (χ2v) is 10.0. The van der Waals surface area contributed by atoms with Gasteiger partial charge in [0.1, 0.15) is 11.6 Å². The minimum absolute atomic E-state index is 0.228. The molecule has 2 fully saturated rings. The van der Waals surface area contributed by atoms with Gasteiger partial charge in [0.2, 0.25) is 0 Å². The van der Waals surface area contributed by atoms with E-state index in [4.69, 9.17) is 4.74 Å². The Hall–Kier alpha value is -1.56. The molecule has 28 heavy (non-hydrogen) atoms. The SMILES string of the molecule is COc1ccc(S(=O)(=O)/N=C(\CC2CCCCC2)N2[C@H](C)CCC[C@@H]2C)cc1. The van der Waals surface area contributed by atoms with Crippen LogP contribution in [0, 0.1) is 5.92 Å². The van der Waals surface area contributed by atoms with Crippen LogP contribution in [0.4, 0.5) is 0 Å². The standard InChI is InChI=1S/C22H34N2O3S/c1-17-8-7-9-18(2)24(17)22(16-19-10-5-4-6-11-19)23-28(25,26)21-14-12-20(27-3)13-15-21/h12-15,17-19H,4-11,16H2,1-3H3/b23-22+/t17-,18+. The zero-order valence-electron chi connectivity index (χ0n) is 17.4. The lowest BCUT2D eigenvalue weighted by atomic mass is 9.85. The first kappa shape index (κ1) is 21.2. The van der Waals surface area contributed by atoms with Crippen molar-refractivity contribution >= 4 is 15.9 Å². The molecule has 1 heterocycles. The molecule has 3 rings (SSSR count). The summed E-state index contributed by atoms with van der Waals surface area (Å²) < 4.78 is 35.7. The highest BCUT2D eigenvalue weighted by Crippen LogP contribution is 2.31. The molecule has 0 aromatic heterocycles. The summed E-state index contributed by atoms with van der Waals surface area (Å²) in [7, 11) is -2.17. The molecule has 1 saturated heterocycles. The zero-order chi connectivity index (χ0) is 20.1. The Kier molecular flexibility index (Phi) is 7.02. The van der Waals surface area contributed by atoms with Crippen molar-refractivity contribution in [2.75, 3.05) is 7.11 Å². The number of hydrogen-bond donors (Lipinski definition) is 0. The number of ether oxygens (including phenoxy) is 1. The fourth-order valence-corrected chi connectivity index (χ4v) is 5.74. The van der Waals surface area contributed by atoms with E-state index in [1.807, 2.05) is 0 Å². The van der Waals surface area contributed by atoms with Gasteiger partial charge in [-0.2, -0.15) is 8.42 Å². The first-order valence-electron chi connectivity index (χ1n) is 10.7. The summed E-state index contributed by atoms with van der Waals surface area (Å²) in [5.41, 5.74) is 0. The highest BCUT2D eigenvalue weighted by atomic mass is 32.2. The molecule has 0 amide bonds. The quantitative estimate of drug-likeness (QED) is 0.509. The maximum Gasteiger partial charge on any atom is 0.283 e. The molecule has 6 heteroatoms. The van der Waals surface area contributed by atoms with Crippen molar-refractivity contribution in [2.24, 2.45) is 10.3 Å². The predicted octanol–water partition coefficient (Wildman–Crippen LogP) is 5.02. The Morgan fingerprint density at radius 2 is 1.61 bits per heavy atom. The second kappa shape index (κ2) is 9.29. The molecule has 1 saturated carbocycles. The van der Waals surface area contributed by atoms with Crippen molar-refractivity contribution in [1.82, 2.24) is 4.90 Å². The van der Waals surface area contributed by atoms with Crippen LogP contribution in [0.25, 0.3) is 0 Å². The van der Waals surface area contributed by atoms with Gasteiger partial charge in [-0.15, -0.1) is 4.40 Å². The third-order valence-corrected chi connectivity index (χ3v) is 7.59. The molecule has 1 aliphatic carbocycles. The van der Waals surface area contributed by atoms with Crippen molar-refractivity contribution < 1.29 is 13.2 Å². The first-order valence-corrected chi connectivity index (χ1v) is 12.1. The molecule has 156 valence electrons. The molecule has 2 aliphatic rings. The molecule has 0 N–H and O–H groups in total. The third kappa shape index (κ3) is 5.07. The number of hydrogen-bond acceptors (Lipinski definition) is 3. The van der Waals surface area contributed by atoms with E-state index in [-0.39, 0.29) is 4.90 Å². The van der Waals surface area contributed by atoms with E-state index in [1.165, 1.54) is 38.5 Å². The highest BCUT2D eigenvalue weighted by Gasteiger charge is 2.31. The van der Waals surface area contributed by atoms with E-state index in [0.717, 1.165) is 25.1 Å². The van der Waals surface area contributed by atoms with Crippen LogP contribution in [-0.4, -0.2) is 38.3 Å². The summed E-state index contributed by atoms with van der Waals surface area (Å²) in [5.74, 6) is 1.95. The topological polar surface area (TPSA) is 59.0 Å². The van der Waals surface area contributed by atoms with Gasteiger partial charge in [0, 0.05) is 18.5 Å². The molecule has 2 atom stereocenters. The number of piperidine rings is 1. The summed E-state index contributed by atoms with van der Waals surface area (Å²) in [6.07, 6.45) is 10.3. The summed E-state index contributed by atoms with van der Waals surface area (Å²) in [6.45, 7) is 4.40. The molecule has 0 bridgehead atoms. The fourth-order valence-electron chi connectivity index (χ4n) is 4.71. The summed E-state index contributed by atoms with van der Waals surface area (Å²) in [4.78, 5) is 2.52. The molecule has 1 aromatic carbocycles. The van der Waals surface area contributed by atoms with Crippen LogP contribution in [0.5, 0.6) is 5.75 Å². The maximum absolute atomic E-state index is 13.1. The highest BCUT2D eigenvalue weighted by molar-refractivity contribution is 7.90. The van der Waals surface area contributed by atoms with E-state index in [9.17, 15) is 8.42 Å². The number of rotatable bonds is 5. The van der Waals surface area contributed by atoms with Crippen molar-refractivity contribution in [3.8, 4) is 5.75 Å². The van der Waals surface area contributed by atoms with E-state index in [0.29, 0.717) is 23.8 Å². The van der Waals surface area contributed by atoms with Crippen LogP contribution in [0.2, 0.25) is 0 Å². The Morgan fingerprint density at radius 3 is 2.18 bits per heavy atom. The Morgan fingerprint density at radius 1 is 1.00 bits per heavy atom. The van der Waals surface area contributed by atoms with Gasteiger partial charge in [-0.05, 0) is 63.3 Å². The largest absolute Gasteiger partial charge is 0.497 e. The minimum Gasteiger partial charge on any atom is -0.497 e. The van der Waals surface area contributed by atoms with E-state index >= 15 is 0 Å². The number of sulfonamides is 1. The van der Waals surface area contributed by atoms with Crippen molar-refractivity contribution in [1.29, 1.82) is 0 Å². The third-order valence-electron chi connectivity index (χ3n) is 6.27. The van der Waals surface area contributed by atoms with Gasteiger partial charge < -0.3 is 9.64 Å². The molecule has 1 aliphatic heterocycles. The number of methoxy groups -OCH3 is 1. The summed E-state index contributed by atoms with van der Waals surface area (Å²) in [5, 5.41) is 0. The summed E-state index contributed by atoms with van der Waals surface area (Å²) >= 11 is 0. The van der Waals surface area contributed by atoms with Gasteiger partial charge in [0.15, 0.2) is 0 Å². The normalized spacial score (nSPS) is 25.0. The fraction of sp³-hybridized carbons (Fsp3) is 0.682. The lowest BCUT2D eigenvalue weighted by molar-refractivity contribution is 0.184. The van der Waals surface area contributed by atoms with E-state index < -0.39 is 10.0 Å². The van der Waals surface area contributed by atoms with Gasteiger partial charge in [-0.25, -0.2) is 0 Å². The molecule has 0 unspecified atom stereocenters. The molecule has 0 radical (unpaired) electrons. The van der Waals surface area contributed by atoms with Crippen LogP contribution in [-0.2, 0) is 10.0 Å². The molecular weight excluding hydrogens is 372 g/mol. The number of nitrogens with zero attached hydrogens (tertiary/aromatic N) is 2. The molecule has 5 nitrogen and oxygen atoms in total. The average Bonchev–Trinajstić information content (AvgIpc) is 2.68. The van der Waals surface area contributed by atoms with Crippen molar-refractivity contribution in [2.45, 2.75) is 88.6 Å². The monoisotopic (exact) mass is 406 g/mol. The van der Waals surface area contributed by atoms with Gasteiger partial charge in [0.25, 0.3) is 10.0 Å². The smallest absolute Gasteiger partial charge is 0.283 e. The van der Waals surface area contributed by atoms with Crippen molar-refractivity contribution in [3.63, 3.8) is 0 Å². The maximum atomic E-state index is 13.1. The van der Waals surface area contributed by atoms with Crippen LogP contribution >= 0.6 is 0 Å². The Labute approximate surface area is 170 Å². The van der Waals surface area contributed by atoms with Crippen molar-refractivity contribution in [3.05, 3.63) is 24.3 Å². The van der Waals surface area contributed by atoms with E-state index in [2.05, 4.69) is 23.1 Å². The number of benzene rings is 1. The van der Waals surface area contributed by atoms with Gasteiger partial charge in [-0.3, -0.25) is 0 Å². The Balaban J connectivity index is 1.93. The lowest BCUT2D eigenvalue weighted by Gasteiger charge is -2.42. The second-order valence-electron chi connectivity index (χ2n) is 8.40. The molecule has 0 spiro atoms. The Bertz CT molecular complexity index is 757. The van der Waals surface area contributed by atoms with Crippen LogP contribution < -0.4 is 4.74 Å². The number of amidine groups is 1. The zero-order valence-corrected chi connectivity index (χ0v) is 18.2. The lowest BCUT2D eigenvalue weighted by Crippen LogP contribution is -2.48. The van der Waals surface area contributed by atoms with E-state index in [1.54, 1.807) is 31.4 Å². The molecular formula is C22H34N2O3S. The molecule has 1 aromatic rings. The minimum atomic E-state index is -3.74. The van der Waals surface area contributed by atoms with Gasteiger partial charge in [-0.1, -0.05) is 32.1 Å². The first-order chi connectivity index (χ1) is 13.4. The predicted molar refractivity (Wildman–Crippen MR) is 113 cm³/mol. The van der Waals surface area contributed by atoms with Crippen LogP contribution in [0.15, 0.2) is 33.6 Å². The van der Waals surface area contributed by atoms with Gasteiger partial charge in [0.05, 0.1) is 12.0 Å². The van der Waals surface area contributed by atoms with Crippen LogP contribution in [0.3, 0.4) is 0 Å². The summed E-state index contributed by atoms with van der Waals surface area (Å²) in [6, 6.07) is 7.18. The van der Waals surface area contributed by atoms with Gasteiger partial charge >= 0.3 is 0 Å². The van der Waals surface area contributed by atoms with Crippen LogP contribution in [0.1, 0.15) is 71.6 Å². The number of likely N-dealkylation sites (tertiary alicyclic amines) is 1.